The van der Waals surface area contributed by atoms with Crippen LogP contribution in [-0.4, -0.2) is 30.0 Å². The molecule has 1 rings (SSSR count). The lowest BCUT2D eigenvalue weighted by Gasteiger charge is -2.16. The molecule has 0 bridgehead atoms. The lowest BCUT2D eigenvalue weighted by molar-refractivity contribution is 0.357. The van der Waals surface area contributed by atoms with Crippen molar-refractivity contribution in [1.82, 2.24) is 15.2 Å². The molecule has 0 amide bonds. The van der Waals surface area contributed by atoms with E-state index in [-0.39, 0.29) is 0 Å². The van der Waals surface area contributed by atoms with Gasteiger partial charge in [0, 0.05) is 25.8 Å². The summed E-state index contributed by atoms with van der Waals surface area (Å²) in [5.74, 6) is 0. The summed E-state index contributed by atoms with van der Waals surface area (Å²) in [5, 5.41) is 3.42. The SMILES string of the molecule is C=CCN(C)Cc1ncccc1CNCCC. The molecule has 3 nitrogen and oxygen atoms in total. The van der Waals surface area contributed by atoms with Gasteiger partial charge in [-0.3, -0.25) is 9.88 Å². The van der Waals surface area contributed by atoms with Crippen LogP contribution >= 0.6 is 0 Å². The Kier molecular flexibility index (Phi) is 6.51. The fourth-order valence-corrected chi connectivity index (χ4v) is 1.72. The van der Waals surface area contributed by atoms with Crippen molar-refractivity contribution in [3.05, 3.63) is 42.2 Å². The first kappa shape index (κ1) is 13.9. The molecule has 1 aromatic rings. The molecular formula is C14H23N3. The molecule has 1 heterocycles. The molecule has 0 spiro atoms. The van der Waals surface area contributed by atoms with Crippen molar-refractivity contribution in [2.75, 3.05) is 20.1 Å². The highest BCUT2D eigenvalue weighted by molar-refractivity contribution is 5.19. The Hall–Kier alpha value is -1.19. The number of aromatic nitrogens is 1. The zero-order valence-corrected chi connectivity index (χ0v) is 10.9. The van der Waals surface area contributed by atoms with Crippen LogP contribution in [-0.2, 0) is 13.1 Å². The molecule has 3 heteroatoms. The van der Waals surface area contributed by atoms with Gasteiger partial charge in [0.1, 0.15) is 0 Å². The van der Waals surface area contributed by atoms with Crippen LogP contribution in [0.3, 0.4) is 0 Å². The molecule has 0 aliphatic rings. The van der Waals surface area contributed by atoms with Crippen LogP contribution < -0.4 is 5.32 Å². The lowest BCUT2D eigenvalue weighted by atomic mass is 10.2. The van der Waals surface area contributed by atoms with Crippen molar-refractivity contribution in [2.24, 2.45) is 0 Å². The molecule has 1 aromatic heterocycles. The second-order valence-electron chi connectivity index (χ2n) is 4.27. The van der Waals surface area contributed by atoms with Crippen LogP contribution in [0.15, 0.2) is 31.0 Å². The van der Waals surface area contributed by atoms with Crippen LogP contribution in [0.25, 0.3) is 0 Å². The van der Waals surface area contributed by atoms with Gasteiger partial charge in [0.2, 0.25) is 0 Å². The van der Waals surface area contributed by atoms with Gasteiger partial charge in [-0.25, -0.2) is 0 Å². The Bertz CT molecular complexity index is 336. The summed E-state index contributed by atoms with van der Waals surface area (Å²) < 4.78 is 0. The summed E-state index contributed by atoms with van der Waals surface area (Å²) in [6.45, 7) is 9.64. The highest BCUT2D eigenvalue weighted by Crippen LogP contribution is 2.07. The first-order valence-corrected chi connectivity index (χ1v) is 6.20. The first-order chi connectivity index (χ1) is 8.27. The maximum absolute atomic E-state index is 4.46. The first-order valence-electron chi connectivity index (χ1n) is 6.20. The van der Waals surface area contributed by atoms with Gasteiger partial charge in [0.25, 0.3) is 0 Å². The van der Waals surface area contributed by atoms with E-state index >= 15 is 0 Å². The third kappa shape index (κ3) is 5.11. The molecule has 0 aliphatic carbocycles. The monoisotopic (exact) mass is 233 g/mol. The second kappa shape index (κ2) is 7.98. The van der Waals surface area contributed by atoms with E-state index in [1.807, 2.05) is 18.3 Å². The van der Waals surface area contributed by atoms with Crippen molar-refractivity contribution >= 4 is 0 Å². The molecule has 0 unspecified atom stereocenters. The predicted molar refractivity (Wildman–Crippen MR) is 72.8 cm³/mol. The maximum Gasteiger partial charge on any atom is 0.0588 e. The van der Waals surface area contributed by atoms with E-state index in [0.717, 1.165) is 38.3 Å². The predicted octanol–water partition coefficient (Wildman–Crippen LogP) is 2.20. The van der Waals surface area contributed by atoms with Crippen molar-refractivity contribution in [3.8, 4) is 0 Å². The number of hydrogen-bond donors (Lipinski definition) is 1. The van der Waals surface area contributed by atoms with Crippen LogP contribution in [0, 0.1) is 0 Å². The molecule has 1 N–H and O–H groups in total. The van der Waals surface area contributed by atoms with Crippen LogP contribution in [0.4, 0.5) is 0 Å². The zero-order chi connectivity index (χ0) is 12.5. The summed E-state index contributed by atoms with van der Waals surface area (Å²) in [6, 6.07) is 4.15. The quantitative estimate of drug-likeness (QED) is 0.551. The highest BCUT2D eigenvalue weighted by Gasteiger charge is 2.05. The van der Waals surface area contributed by atoms with E-state index in [2.05, 4.69) is 41.8 Å². The van der Waals surface area contributed by atoms with Gasteiger partial charge in [-0.05, 0) is 31.6 Å². The molecule has 0 radical (unpaired) electrons. The molecule has 0 fully saturated rings. The molecule has 0 aliphatic heterocycles. The largest absolute Gasteiger partial charge is 0.313 e. The van der Waals surface area contributed by atoms with Gasteiger partial charge in [-0.1, -0.05) is 19.1 Å². The summed E-state index contributed by atoms with van der Waals surface area (Å²) in [5.41, 5.74) is 2.44. The molecule has 0 saturated carbocycles. The van der Waals surface area contributed by atoms with Crippen molar-refractivity contribution < 1.29 is 0 Å². The van der Waals surface area contributed by atoms with E-state index < -0.39 is 0 Å². The number of nitrogens with one attached hydrogen (secondary N) is 1. The normalized spacial score (nSPS) is 10.8. The lowest BCUT2D eigenvalue weighted by Crippen LogP contribution is -2.21. The molecule has 0 aromatic carbocycles. The summed E-state index contributed by atoms with van der Waals surface area (Å²) >= 11 is 0. The molecule has 0 saturated heterocycles. The van der Waals surface area contributed by atoms with Crippen molar-refractivity contribution in [2.45, 2.75) is 26.4 Å². The minimum Gasteiger partial charge on any atom is -0.313 e. The van der Waals surface area contributed by atoms with E-state index in [1.165, 1.54) is 5.56 Å². The van der Waals surface area contributed by atoms with E-state index in [1.54, 1.807) is 0 Å². The van der Waals surface area contributed by atoms with Gasteiger partial charge in [0.15, 0.2) is 0 Å². The smallest absolute Gasteiger partial charge is 0.0588 e. The molecule has 94 valence electrons. The second-order valence-corrected chi connectivity index (χ2v) is 4.27. The fourth-order valence-electron chi connectivity index (χ4n) is 1.72. The minimum atomic E-state index is 0.871. The van der Waals surface area contributed by atoms with Gasteiger partial charge in [0.05, 0.1) is 5.69 Å². The van der Waals surface area contributed by atoms with Crippen LogP contribution in [0.2, 0.25) is 0 Å². The van der Waals surface area contributed by atoms with Crippen molar-refractivity contribution in [3.63, 3.8) is 0 Å². The average molecular weight is 233 g/mol. The minimum absolute atomic E-state index is 0.871. The molecular weight excluding hydrogens is 210 g/mol. The number of nitrogens with zero attached hydrogens (tertiary/aromatic N) is 2. The van der Waals surface area contributed by atoms with Gasteiger partial charge in [-0.2, -0.15) is 0 Å². The third-order valence-corrected chi connectivity index (χ3v) is 2.59. The van der Waals surface area contributed by atoms with Crippen molar-refractivity contribution in [1.29, 1.82) is 0 Å². The number of hydrogen-bond acceptors (Lipinski definition) is 3. The Morgan fingerprint density at radius 3 is 3.06 bits per heavy atom. The Morgan fingerprint density at radius 1 is 1.53 bits per heavy atom. The Morgan fingerprint density at radius 2 is 2.35 bits per heavy atom. The van der Waals surface area contributed by atoms with E-state index in [9.17, 15) is 0 Å². The Balaban J connectivity index is 2.60. The fraction of sp³-hybridized carbons (Fsp3) is 0.500. The zero-order valence-electron chi connectivity index (χ0n) is 10.9. The summed E-state index contributed by atoms with van der Waals surface area (Å²) in [6.07, 6.45) is 4.93. The van der Waals surface area contributed by atoms with Crippen LogP contribution in [0.1, 0.15) is 24.6 Å². The van der Waals surface area contributed by atoms with Gasteiger partial charge in [-0.15, -0.1) is 6.58 Å². The number of rotatable bonds is 8. The third-order valence-electron chi connectivity index (χ3n) is 2.59. The van der Waals surface area contributed by atoms with Gasteiger partial charge >= 0.3 is 0 Å². The molecule has 0 atom stereocenters. The average Bonchev–Trinajstić information content (AvgIpc) is 2.32. The topological polar surface area (TPSA) is 28.2 Å². The highest BCUT2D eigenvalue weighted by atomic mass is 15.1. The standard InChI is InChI=1S/C14H23N3/c1-4-8-15-11-13-7-6-9-16-14(13)12-17(3)10-5-2/h5-7,9,15H,2,4,8,10-12H2,1,3H3. The summed E-state index contributed by atoms with van der Waals surface area (Å²) in [4.78, 5) is 6.67. The maximum atomic E-state index is 4.46. The Labute approximate surface area is 105 Å². The van der Waals surface area contributed by atoms with Gasteiger partial charge < -0.3 is 5.32 Å². The number of likely N-dealkylation sites (N-methyl/N-ethyl adjacent to an activating group) is 1. The number of pyridine rings is 1. The van der Waals surface area contributed by atoms with E-state index in [0.29, 0.717) is 0 Å². The van der Waals surface area contributed by atoms with E-state index in [4.69, 9.17) is 0 Å². The van der Waals surface area contributed by atoms with Crippen LogP contribution in [0.5, 0.6) is 0 Å². The summed E-state index contributed by atoms with van der Waals surface area (Å²) in [7, 11) is 2.08. The molecule has 17 heavy (non-hydrogen) atoms.